The second-order valence-electron chi connectivity index (χ2n) is 6.52. The average molecular weight is 353 g/mol. The van der Waals surface area contributed by atoms with Crippen molar-refractivity contribution in [3.05, 3.63) is 34.3 Å². The third-order valence-corrected chi connectivity index (χ3v) is 3.83. The number of amides is 2. The Bertz CT molecular complexity index is 551. The molecular formula is C16H21BrN2O2. The fourth-order valence-electron chi connectivity index (χ4n) is 2.35. The van der Waals surface area contributed by atoms with Gasteiger partial charge in [0.2, 0.25) is 11.8 Å². The fourth-order valence-corrected chi connectivity index (χ4v) is 2.77. The van der Waals surface area contributed by atoms with Crippen LogP contribution < -0.4 is 10.6 Å². The molecule has 2 N–H and O–H groups in total. The zero-order valence-corrected chi connectivity index (χ0v) is 14.2. The van der Waals surface area contributed by atoms with E-state index in [0.717, 1.165) is 10.9 Å². The highest BCUT2D eigenvalue weighted by Crippen LogP contribution is 2.47. The summed E-state index contributed by atoms with van der Waals surface area (Å²) in [6, 6.07) is 8.03. The lowest BCUT2D eigenvalue weighted by atomic mass is 10.1. The van der Waals surface area contributed by atoms with Gasteiger partial charge in [0.25, 0.3) is 0 Å². The third kappa shape index (κ3) is 4.84. The first kappa shape index (κ1) is 16.0. The van der Waals surface area contributed by atoms with Gasteiger partial charge in [-0.25, -0.2) is 0 Å². The molecule has 2 atom stereocenters. The molecule has 5 heteroatoms. The summed E-state index contributed by atoms with van der Waals surface area (Å²) in [5.41, 5.74) is 0.893. The second-order valence-corrected chi connectivity index (χ2v) is 7.44. The van der Waals surface area contributed by atoms with E-state index in [2.05, 4.69) is 26.6 Å². The van der Waals surface area contributed by atoms with Gasteiger partial charge < -0.3 is 10.6 Å². The number of benzene rings is 1. The van der Waals surface area contributed by atoms with Gasteiger partial charge in [0.1, 0.15) is 0 Å². The Labute approximate surface area is 133 Å². The molecule has 2 rings (SSSR count). The first-order chi connectivity index (χ1) is 9.76. The molecule has 2 amide bonds. The molecule has 1 aliphatic carbocycles. The zero-order valence-electron chi connectivity index (χ0n) is 12.6. The summed E-state index contributed by atoms with van der Waals surface area (Å²) in [6.45, 7) is 5.78. The molecule has 4 nitrogen and oxygen atoms in total. The minimum absolute atomic E-state index is 0.0123. The molecule has 0 heterocycles. The van der Waals surface area contributed by atoms with Crippen molar-refractivity contribution in [3.8, 4) is 0 Å². The molecule has 1 fully saturated rings. The van der Waals surface area contributed by atoms with Crippen molar-refractivity contribution in [2.24, 2.45) is 5.92 Å². The van der Waals surface area contributed by atoms with Gasteiger partial charge in [0, 0.05) is 15.9 Å². The number of rotatable bonds is 4. The predicted molar refractivity (Wildman–Crippen MR) is 85.9 cm³/mol. The van der Waals surface area contributed by atoms with Crippen LogP contribution in [0.5, 0.6) is 0 Å². The highest BCUT2D eigenvalue weighted by molar-refractivity contribution is 9.10. The summed E-state index contributed by atoms with van der Waals surface area (Å²) in [7, 11) is 0. The van der Waals surface area contributed by atoms with Gasteiger partial charge in [-0.05, 0) is 50.8 Å². The average Bonchev–Trinajstić information content (AvgIpc) is 3.14. The molecule has 0 aromatic heterocycles. The molecule has 114 valence electrons. The maximum Gasteiger partial charge on any atom is 0.239 e. The largest absolute Gasteiger partial charge is 0.350 e. The summed E-state index contributed by atoms with van der Waals surface area (Å²) in [4.78, 5) is 23.7. The Hall–Kier alpha value is -1.36. The van der Waals surface area contributed by atoms with Crippen LogP contribution in [0.4, 0.5) is 0 Å². The summed E-state index contributed by atoms with van der Waals surface area (Å²) < 4.78 is 1.02. The Kier molecular flexibility index (Phi) is 4.71. The highest BCUT2D eigenvalue weighted by atomic mass is 79.9. The first-order valence-corrected chi connectivity index (χ1v) is 7.90. The molecule has 1 aliphatic rings. The van der Waals surface area contributed by atoms with Crippen LogP contribution >= 0.6 is 15.9 Å². The lowest BCUT2D eigenvalue weighted by Crippen LogP contribution is -2.46. The Morgan fingerprint density at radius 3 is 2.67 bits per heavy atom. The minimum atomic E-state index is -0.278. The van der Waals surface area contributed by atoms with E-state index in [4.69, 9.17) is 0 Å². The van der Waals surface area contributed by atoms with Crippen LogP contribution in [0.25, 0.3) is 0 Å². The van der Waals surface area contributed by atoms with Crippen molar-refractivity contribution in [1.29, 1.82) is 0 Å². The number of carbonyl (C=O) groups is 2. The van der Waals surface area contributed by atoms with Crippen LogP contribution in [0.15, 0.2) is 28.7 Å². The van der Waals surface area contributed by atoms with Crippen LogP contribution in [0.3, 0.4) is 0 Å². The normalized spacial score (nSPS) is 20.8. The highest BCUT2D eigenvalue weighted by Gasteiger charge is 2.43. The standard InChI is InChI=1S/C16H21BrN2O2/c1-16(2,3)19-14(20)9-18-15(21)13-8-12(13)10-5-4-6-11(17)7-10/h4-7,12-13H,8-9H2,1-3H3,(H,18,21)(H,19,20)/t12-,13+/m0/s1. The SMILES string of the molecule is CC(C)(C)NC(=O)CNC(=O)[C@@H]1C[C@H]1c1cccc(Br)c1. The van der Waals surface area contributed by atoms with Crippen LogP contribution in [0, 0.1) is 5.92 Å². The van der Waals surface area contributed by atoms with Crippen molar-refractivity contribution in [2.45, 2.75) is 38.6 Å². The quantitative estimate of drug-likeness (QED) is 0.874. The summed E-state index contributed by atoms with van der Waals surface area (Å²) in [5.74, 6) is 0.0643. The van der Waals surface area contributed by atoms with Crippen LogP contribution in [-0.4, -0.2) is 23.9 Å². The molecule has 0 bridgehead atoms. The monoisotopic (exact) mass is 352 g/mol. The van der Waals surface area contributed by atoms with Crippen LogP contribution in [0.2, 0.25) is 0 Å². The van der Waals surface area contributed by atoms with Gasteiger partial charge in [-0.15, -0.1) is 0 Å². The van der Waals surface area contributed by atoms with E-state index in [1.54, 1.807) is 0 Å². The van der Waals surface area contributed by atoms with E-state index in [-0.39, 0.29) is 35.7 Å². The molecule has 1 aromatic rings. The molecule has 0 aliphatic heterocycles. The molecule has 1 aromatic carbocycles. The first-order valence-electron chi connectivity index (χ1n) is 7.10. The predicted octanol–water partition coefficient (Wildman–Crippen LogP) is 2.58. The van der Waals surface area contributed by atoms with Crippen LogP contribution in [0.1, 0.15) is 38.7 Å². The Balaban J connectivity index is 1.80. The van der Waals surface area contributed by atoms with E-state index in [1.807, 2.05) is 45.0 Å². The molecule has 0 unspecified atom stereocenters. The zero-order chi connectivity index (χ0) is 15.6. The lowest BCUT2D eigenvalue weighted by Gasteiger charge is -2.20. The fraction of sp³-hybridized carbons (Fsp3) is 0.500. The number of hydrogen-bond donors (Lipinski definition) is 2. The van der Waals surface area contributed by atoms with Gasteiger partial charge >= 0.3 is 0 Å². The molecule has 0 radical (unpaired) electrons. The number of hydrogen-bond acceptors (Lipinski definition) is 2. The van der Waals surface area contributed by atoms with E-state index >= 15 is 0 Å². The van der Waals surface area contributed by atoms with Gasteiger partial charge in [0.05, 0.1) is 6.54 Å². The summed E-state index contributed by atoms with van der Waals surface area (Å²) in [5, 5.41) is 5.54. The topological polar surface area (TPSA) is 58.2 Å². The molecular weight excluding hydrogens is 332 g/mol. The Morgan fingerprint density at radius 1 is 1.33 bits per heavy atom. The van der Waals surface area contributed by atoms with E-state index < -0.39 is 0 Å². The molecule has 0 spiro atoms. The van der Waals surface area contributed by atoms with Crippen molar-refractivity contribution in [3.63, 3.8) is 0 Å². The van der Waals surface area contributed by atoms with E-state index in [9.17, 15) is 9.59 Å². The Morgan fingerprint density at radius 2 is 2.05 bits per heavy atom. The third-order valence-electron chi connectivity index (χ3n) is 3.34. The molecule has 0 saturated heterocycles. The van der Waals surface area contributed by atoms with Gasteiger partial charge in [0.15, 0.2) is 0 Å². The van der Waals surface area contributed by atoms with E-state index in [1.165, 1.54) is 5.56 Å². The maximum absolute atomic E-state index is 12.0. The second kappa shape index (κ2) is 6.18. The lowest BCUT2D eigenvalue weighted by molar-refractivity contribution is -0.127. The number of halogens is 1. The van der Waals surface area contributed by atoms with Gasteiger partial charge in [-0.2, -0.15) is 0 Å². The summed E-state index contributed by atoms with van der Waals surface area (Å²) >= 11 is 3.44. The van der Waals surface area contributed by atoms with Crippen molar-refractivity contribution in [1.82, 2.24) is 10.6 Å². The van der Waals surface area contributed by atoms with Crippen LogP contribution in [-0.2, 0) is 9.59 Å². The number of carbonyl (C=O) groups excluding carboxylic acids is 2. The maximum atomic E-state index is 12.0. The van der Waals surface area contributed by atoms with Gasteiger partial charge in [-0.3, -0.25) is 9.59 Å². The van der Waals surface area contributed by atoms with Gasteiger partial charge in [-0.1, -0.05) is 28.1 Å². The molecule has 21 heavy (non-hydrogen) atoms. The smallest absolute Gasteiger partial charge is 0.239 e. The van der Waals surface area contributed by atoms with E-state index in [0.29, 0.717) is 0 Å². The van der Waals surface area contributed by atoms with Crippen molar-refractivity contribution >= 4 is 27.7 Å². The summed E-state index contributed by atoms with van der Waals surface area (Å²) in [6.07, 6.45) is 0.850. The van der Waals surface area contributed by atoms with Crippen molar-refractivity contribution in [2.75, 3.05) is 6.54 Å². The minimum Gasteiger partial charge on any atom is -0.350 e. The number of nitrogens with one attached hydrogen (secondary N) is 2. The molecule has 1 saturated carbocycles. The van der Waals surface area contributed by atoms with Crippen molar-refractivity contribution < 1.29 is 9.59 Å².